The lowest BCUT2D eigenvalue weighted by molar-refractivity contribution is 0.442. The van der Waals surface area contributed by atoms with Crippen molar-refractivity contribution in [2.45, 2.75) is 30.7 Å². The Morgan fingerprint density at radius 1 is 1.33 bits per heavy atom. The highest BCUT2D eigenvalue weighted by atomic mass is 32.1. The topological polar surface area (TPSA) is 24.9 Å². The molecule has 0 radical (unpaired) electrons. The standard InChI is InChI=1S/C15H18N2S/c1-16-13(11-14-17-9-10-18-14)15(7-8-15)12-5-3-2-4-6-12/h2-6,9-10,13,16H,7-8,11H2,1H3. The van der Waals surface area contributed by atoms with E-state index in [0.717, 1.165) is 6.42 Å². The fourth-order valence-electron chi connectivity index (χ4n) is 2.85. The summed E-state index contributed by atoms with van der Waals surface area (Å²) in [6, 6.07) is 11.4. The van der Waals surface area contributed by atoms with Gasteiger partial charge in [0.1, 0.15) is 0 Å². The fraction of sp³-hybridized carbons (Fsp3) is 0.400. The summed E-state index contributed by atoms with van der Waals surface area (Å²) in [5, 5.41) is 6.80. The van der Waals surface area contributed by atoms with E-state index in [9.17, 15) is 0 Å². The third-order valence-corrected chi connectivity index (χ3v) is 4.82. The van der Waals surface area contributed by atoms with Crippen LogP contribution in [0.15, 0.2) is 41.9 Å². The summed E-state index contributed by atoms with van der Waals surface area (Å²) in [7, 11) is 2.07. The van der Waals surface area contributed by atoms with Gasteiger partial charge in [0.05, 0.1) is 5.01 Å². The largest absolute Gasteiger partial charge is 0.316 e. The van der Waals surface area contributed by atoms with Crippen LogP contribution in [0.1, 0.15) is 23.4 Å². The summed E-state index contributed by atoms with van der Waals surface area (Å²) >= 11 is 1.75. The number of hydrogen-bond donors (Lipinski definition) is 1. The third-order valence-electron chi connectivity index (χ3n) is 4.02. The lowest BCUT2D eigenvalue weighted by Gasteiger charge is -2.26. The Hall–Kier alpha value is -1.19. The summed E-state index contributed by atoms with van der Waals surface area (Å²) in [6.07, 6.45) is 5.50. The zero-order valence-corrected chi connectivity index (χ0v) is 11.4. The van der Waals surface area contributed by atoms with Crippen LogP contribution in [-0.4, -0.2) is 18.1 Å². The first kappa shape index (κ1) is 11.9. The maximum atomic E-state index is 4.42. The molecule has 1 unspecified atom stereocenters. The minimum atomic E-state index is 0.335. The Morgan fingerprint density at radius 2 is 2.11 bits per heavy atom. The van der Waals surface area contributed by atoms with Crippen LogP contribution in [0.25, 0.3) is 0 Å². The van der Waals surface area contributed by atoms with Gasteiger partial charge in [-0.1, -0.05) is 30.3 Å². The Morgan fingerprint density at radius 3 is 2.67 bits per heavy atom. The van der Waals surface area contributed by atoms with E-state index < -0.39 is 0 Å². The highest BCUT2D eigenvalue weighted by Gasteiger charge is 2.50. The third kappa shape index (κ3) is 2.08. The Balaban J connectivity index is 1.83. The van der Waals surface area contributed by atoms with Gasteiger partial charge in [-0.05, 0) is 25.5 Å². The van der Waals surface area contributed by atoms with E-state index in [1.54, 1.807) is 11.3 Å². The zero-order valence-electron chi connectivity index (χ0n) is 10.6. The number of hydrogen-bond acceptors (Lipinski definition) is 3. The highest BCUT2D eigenvalue weighted by Crippen LogP contribution is 2.51. The molecule has 1 saturated carbocycles. The summed E-state index contributed by atoms with van der Waals surface area (Å²) in [5.41, 5.74) is 1.81. The molecule has 0 aliphatic heterocycles. The second-order valence-corrected chi connectivity index (χ2v) is 5.97. The van der Waals surface area contributed by atoms with Crippen LogP contribution in [0.4, 0.5) is 0 Å². The second kappa shape index (κ2) is 4.82. The van der Waals surface area contributed by atoms with E-state index in [4.69, 9.17) is 0 Å². The minimum Gasteiger partial charge on any atom is -0.316 e. The quantitative estimate of drug-likeness (QED) is 0.891. The van der Waals surface area contributed by atoms with Crippen LogP contribution >= 0.6 is 11.3 Å². The predicted molar refractivity (Wildman–Crippen MR) is 76.0 cm³/mol. The van der Waals surface area contributed by atoms with Crippen molar-refractivity contribution in [2.75, 3.05) is 7.05 Å². The van der Waals surface area contributed by atoms with Crippen molar-refractivity contribution in [3.05, 3.63) is 52.5 Å². The molecule has 0 saturated heterocycles. The molecule has 1 aliphatic rings. The molecular formula is C15H18N2S. The van der Waals surface area contributed by atoms with Gasteiger partial charge in [0.25, 0.3) is 0 Å². The maximum absolute atomic E-state index is 4.42. The van der Waals surface area contributed by atoms with Gasteiger partial charge in [0, 0.05) is 29.5 Å². The summed E-state index contributed by atoms with van der Waals surface area (Å²) in [5.74, 6) is 0. The van der Waals surface area contributed by atoms with Crippen LogP contribution in [0.5, 0.6) is 0 Å². The van der Waals surface area contributed by atoms with Crippen LogP contribution in [-0.2, 0) is 11.8 Å². The molecule has 1 heterocycles. The van der Waals surface area contributed by atoms with Crippen molar-refractivity contribution in [3.8, 4) is 0 Å². The molecule has 2 nitrogen and oxygen atoms in total. The lowest BCUT2D eigenvalue weighted by Crippen LogP contribution is -2.39. The van der Waals surface area contributed by atoms with E-state index >= 15 is 0 Å². The average molecular weight is 258 g/mol. The van der Waals surface area contributed by atoms with E-state index in [2.05, 4.69) is 53.1 Å². The van der Waals surface area contributed by atoms with Crippen molar-refractivity contribution >= 4 is 11.3 Å². The van der Waals surface area contributed by atoms with Crippen LogP contribution in [0, 0.1) is 0 Å². The summed E-state index contributed by atoms with van der Waals surface area (Å²) in [4.78, 5) is 4.42. The zero-order chi connectivity index (χ0) is 12.4. The average Bonchev–Trinajstić information content (AvgIpc) is 3.07. The van der Waals surface area contributed by atoms with Crippen molar-refractivity contribution < 1.29 is 0 Å². The second-order valence-electron chi connectivity index (χ2n) is 4.99. The SMILES string of the molecule is CNC(Cc1nccs1)C1(c2ccccc2)CC1. The molecule has 1 aromatic carbocycles. The number of nitrogens with one attached hydrogen (secondary N) is 1. The van der Waals surface area contributed by atoms with Gasteiger partial charge < -0.3 is 5.32 Å². The van der Waals surface area contributed by atoms with E-state index in [1.807, 2.05) is 6.20 Å². The van der Waals surface area contributed by atoms with Crippen LogP contribution < -0.4 is 5.32 Å². The first-order chi connectivity index (χ1) is 8.85. The summed E-state index contributed by atoms with van der Waals surface area (Å²) in [6.45, 7) is 0. The van der Waals surface area contributed by atoms with Gasteiger partial charge in [-0.2, -0.15) is 0 Å². The van der Waals surface area contributed by atoms with Gasteiger partial charge in [-0.25, -0.2) is 4.98 Å². The molecular weight excluding hydrogens is 240 g/mol. The number of nitrogens with zero attached hydrogens (tertiary/aromatic N) is 1. The monoisotopic (exact) mass is 258 g/mol. The molecule has 94 valence electrons. The first-order valence-corrected chi connectivity index (χ1v) is 7.34. The van der Waals surface area contributed by atoms with Gasteiger partial charge in [0.2, 0.25) is 0 Å². The minimum absolute atomic E-state index is 0.335. The predicted octanol–water partition coefficient (Wildman–Crippen LogP) is 3.01. The first-order valence-electron chi connectivity index (χ1n) is 6.46. The molecule has 1 N–H and O–H groups in total. The van der Waals surface area contributed by atoms with Crippen LogP contribution in [0.3, 0.4) is 0 Å². The highest BCUT2D eigenvalue weighted by molar-refractivity contribution is 7.09. The van der Waals surface area contributed by atoms with Crippen molar-refractivity contribution in [2.24, 2.45) is 0 Å². The van der Waals surface area contributed by atoms with Crippen molar-refractivity contribution in [1.82, 2.24) is 10.3 Å². The molecule has 18 heavy (non-hydrogen) atoms. The van der Waals surface area contributed by atoms with E-state index in [-0.39, 0.29) is 0 Å². The Bertz CT molecular complexity index is 488. The molecule has 3 rings (SSSR count). The molecule has 0 amide bonds. The molecule has 1 fully saturated rings. The maximum Gasteiger partial charge on any atom is 0.0940 e. The Labute approximate surface area is 112 Å². The number of thiazole rings is 1. The van der Waals surface area contributed by atoms with E-state index in [0.29, 0.717) is 11.5 Å². The number of likely N-dealkylation sites (N-methyl/N-ethyl adjacent to an activating group) is 1. The molecule has 0 bridgehead atoms. The van der Waals surface area contributed by atoms with Gasteiger partial charge in [-0.15, -0.1) is 11.3 Å². The van der Waals surface area contributed by atoms with E-state index in [1.165, 1.54) is 23.4 Å². The molecule has 1 aromatic heterocycles. The van der Waals surface area contributed by atoms with Gasteiger partial charge in [-0.3, -0.25) is 0 Å². The smallest absolute Gasteiger partial charge is 0.0940 e. The number of aromatic nitrogens is 1. The van der Waals surface area contributed by atoms with Crippen molar-refractivity contribution in [3.63, 3.8) is 0 Å². The van der Waals surface area contributed by atoms with Gasteiger partial charge in [0.15, 0.2) is 0 Å². The lowest BCUT2D eigenvalue weighted by atomic mass is 9.86. The van der Waals surface area contributed by atoms with Gasteiger partial charge >= 0.3 is 0 Å². The molecule has 1 aliphatic carbocycles. The fourth-order valence-corrected chi connectivity index (χ4v) is 3.51. The molecule has 2 aromatic rings. The molecule has 1 atom stereocenters. The number of rotatable bonds is 5. The van der Waals surface area contributed by atoms with Crippen LogP contribution in [0.2, 0.25) is 0 Å². The molecule has 3 heteroatoms. The molecule has 0 spiro atoms. The summed E-state index contributed by atoms with van der Waals surface area (Å²) < 4.78 is 0. The Kier molecular flexibility index (Phi) is 3.18. The number of benzene rings is 1. The normalized spacial score (nSPS) is 18.5. The van der Waals surface area contributed by atoms with Crippen molar-refractivity contribution in [1.29, 1.82) is 0 Å².